The summed E-state index contributed by atoms with van der Waals surface area (Å²) in [6, 6.07) is 21.2. The molecule has 4 rings (SSSR count). The molecule has 0 aliphatic heterocycles. The molecule has 0 spiro atoms. The van der Waals surface area contributed by atoms with Gasteiger partial charge in [0.2, 0.25) is 0 Å². The topological polar surface area (TPSA) is 30.2 Å². The molecule has 29 heavy (non-hydrogen) atoms. The number of rotatable bonds is 4. The van der Waals surface area contributed by atoms with Crippen LogP contribution in [0.5, 0.6) is 0 Å². The van der Waals surface area contributed by atoms with Gasteiger partial charge in [0.25, 0.3) is 0 Å². The van der Waals surface area contributed by atoms with Crippen LogP contribution < -0.4 is 0 Å². The van der Waals surface area contributed by atoms with Gasteiger partial charge in [-0.3, -0.25) is 4.79 Å². The largest absolute Gasteiger partial charge is 0.457 e. The molecule has 0 saturated carbocycles. The second-order valence-corrected chi connectivity index (χ2v) is 6.50. The van der Waals surface area contributed by atoms with Crippen molar-refractivity contribution in [3.05, 3.63) is 102 Å². The lowest BCUT2D eigenvalue weighted by molar-refractivity contribution is -0.137. The standard InChI is InChI=1S/C24H15F3O2/c25-24(26,27)18-8-3-7-17(15-18)23-14-12-19(29-23)11-13-22(28)21-10-4-6-16-5-1-2-9-20(16)21/h1-15H/b13-11+. The number of ketones is 1. The van der Waals surface area contributed by atoms with E-state index >= 15 is 0 Å². The van der Waals surface area contributed by atoms with Gasteiger partial charge in [-0.05, 0) is 47.2 Å². The fourth-order valence-corrected chi connectivity index (χ4v) is 3.13. The summed E-state index contributed by atoms with van der Waals surface area (Å²) in [5.41, 5.74) is 0.151. The number of benzene rings is 3. The van der Waals surface area contributed by atoms with Crippen LogP contribution in [0.4, 0.5) is 13.2 Å². The highest BCUT2D eigenvalue weighted by Gasteiger charge is 2.30. The van der Waals surface area contributed by atoms with Crippen molar-refractivity contribution in [2.45, 2.75) is 6.18 Å². The minimum absolute atomic E-state index is 0.182. The Morgan fingerprint density at radius 2 is 1.62 bits per heavy atom. The Morgan fingerprint density at radius 1 is 0.862 bits per heavy atom. The van der Waals surface area contributed by atoms with Crippen molar-refractivity contribution in [3.63, 3.8) is 0 Å². The van der Waals surface area contributed by atoms with Crippen LogP contribution in [0.1, 0.15) is 21.7 Å². The summed E-state index contributed by atoms with van der Waals surface area (Å²) >= 11 is 0. The van der Waals surface area contributed by atoms with Crippen LogP contribution >= 0.6 is 0 Å². The SMILES string of the molecule is O=C(/C=C/c1ccc(-c2cccc(C(F)(F)F)c2)o1)c1cccc2ccccc12. The summed E-state index contributed by atoms with van der Waals surface area (Å²) in [6.07, 6.45) is -1.51. The lowest BCUT2D eigenvalue weighted by Gasteiger charge is -2.07. The molecule has 5 heteroatoms. The Labute approximate surface area is 164 Å². The van der Waals surface area contributed by atoms with Gasteiger partial charge >= 0.3 is 6.18 Å². The minimum atomic E-state index is -4.42. The summed E-state index contributed by atoms with van der Waals surface area (Å²) in [5, 5.41) is 1.82. The van der Waals surface area contributed by atoms with Crippen molar-refractivity contribution in [2.75, 3.05) is 0 Å². The lowest BCUT2D eigenvalue weighted by Crippen LogP contribution is -2.04. The number of hydrogen-bond donors (Lipinski definition) is 0. The van der Waals surface area contributed by atoms with Gasteiger partial charge in [0.05, 0.1) is 5.56 Å². The Hall–Kier alpha value is -3.60. The molecule has 0 fully saturated rings. The number of fused-ring (bicyclic) bond motifs is 1. The van der Waals surface area contributed by atoms with Gasteiger partial charge in [-0.25, -0.2) is 0 Å². The predicted molar refractivity (Wildman–Crippen MR) is 106 cm³/mol. The maximum Gasteiger partial charge on any atom is 0.416 e. The van der Waals surface area contributed by atoms with E-state index in [9.17, 15) is 18.0 Å². The predicted octanol–water partition coefficient (Wildman–Crippen LogP) is 7.01. The molecule has 0 aliphatic rings. The molecule has 0 aliphatic carbocycles. The van der Waals surface area contributed by atoms with Crippen LogP contribution in [0.3, 0.4) is 0 Å². The average Bonchev–Trinajstić information content (AvgIpc) is 3.20. The molecule has 3 aromatic carbocycles. The zero-order chi connectivity index (χ0) is 20.4. The fraction of sp³-hybridized carbons (Fsp3) is 0.0417. The van der Waals surface area contributed by atoms with E-state index in [2.05, 4.69) is 0 Å². The van der Waals surface area contributed by atoms with E-state index in [1.165, 1.54) is 18.2 Å². The number of hydrogen-bond acceptors (Lipinski definition) is 2. The number of halogens is 3. The zero-order valence-corrected chi connectivity index (χ0v) is 15.1. The Balaban J connectivity index is 1.58. The zero-order valence-electron chi connectivity index (χ0n) is 15.1. The molecule has 0 atom stereocenters. The molecular formula is C24H15F3O2. The highest BCUT2D eigenvalue weighted by Crippen LogP contribution is 2.32. The third kappa shape index (κ3) is 3.99. The summed E-state index contributed by atoms with van der Waals surface area (Å²) in [6.45, 7) is 0. The van der Waals surface area contributed by atoms with Gasteiger partial charge in [-0.2, -0.15) is 13.2 Å². The number of furan rings is 1. The molecule has 1 heterocycles. The third-order valence-corrected chi connectivity index (χ3v) is 4.56. The van der Waals surface area contributed by atoms with E-state index in [4.69, 9.17) is 4.42 Å². The molecule has 144 valence electrons. The summed E-state index contributed by atoms with van der Waals surface area (Å²) < 4.78 is 44.3. The number of carbonyl (C=O) groups excluding carboxylic acids is 1. The summed E-state index contributed by atoms with van der Waals surface area (Å²) in [5.74, 6) is 0.498. The van der Waals surface area contributed by atoms with Crippen molar-refractivity contribution < 1.29 is 22.4 Å². The Bertz CT molecular complexity index is 1210. The summed E-state index contributed by atoms with van der Waals surface area (Å²) in [7, 11) is 0. The van der Waals surface area contributed by atoms with E-state index in [1.54, 1.807) is 24.3 Å². The van der Waals surface area contributed by atoms with Crippen molar-refractivity contribution >= 4 is 22.6 Å². The van der Waals surface area contributed by atoms with E-state index in [0.29, 0.717) is 22.6 Å². The monoisotopic (exact) mass is 392 g/mol. The number of carbonyl (C=O) groups is 1. The van der Waals surface area contributed by atoms with Crippen molar-refractivity contribution in [1.29, 1.82) is 0 Å². The van der Waals surface area contributed by atoms with Gasteiger partial charge in [-0.15, -0.1) is 0 Å². The number of allylic oxidation sites excluding steroid dienone is 1. The van der Waals surface area contributed by atoms with Gasteiger partial charge in [0.1, 0.15) is 11.5 Å². The van der Waals surface area contributed by atoms with Gasteiger partial charge in [-0.1, -0.05) is 54.6 Å². The third-order valence-electron chi connectivity index (χ3n) is 4.56. The fourth-order valence-electron chi connectivity index (χ4n) is 3.13. The maximum absolute atomic E-state index is 12.9. The first-order valence-electron chi connectivity index (χ1n) is 8.89. The minimum Gasteiger partial charge on any atom is -0.457 e. The van der Waals surface area contributed by atoms with E-state index in [-0.39, 0.29) is 5.78 Å². The molecule has 0 saturated heterocycles. The van der Waals surface area contributed by atoms with Gasteiger partial charge in [0, 0.05) is 11.1 Å². The second kappa shape index (κ2) is 7.43. The summed E-state index contributed by atoms with van der Waals surface area (Å²) in [4.78, 5) is 12.6. The normalized spacial score (nSPS) is 12.0. The number of alkyl halides is 3. The highest BCUT2D eigenvalue weighted by molar-refractivity contribution is 6.14. The first-order valence-corrected chi connectivity index (χ1v) is 8.89. The van der Waals surface area contributed by atoms with Crippen molar-refractivity contribution in [2.24, 2.45) is 0 Å². The Kier molecular flexibility index (Phi) is 4.80. The van der Waals surface area contributed by atoms with Gasteiger partial charge < -0.3 is 4.42 Å². The molecule has 0 unspecified atom stereocenters. The smallest absolute Gasteiger partial charge is 0.416 e. The highest BCUT2D eigenvalue weighted by atomic mass is 19.4. The molecule has 0 amide bonds. The lowest BCUT2D eigenvalue weighted by atomic mass is 10.0. The van der Waals surface area contributed by atoms with Crippen LogP contribution in [0.15, 0.2) is 89.4 Å². The van der Waals surface area contributed by atoms with Crippen LogP contribution in [0.2, 0.25) is 0 Å². The molecule has 4 aromatic rings. The molecule has 0 N–H and O–H groups in total. The Morgan fingerprint density at radius 3 is 2.45 bits per heavy atom. The van der Waals surface area contributed by atoms with Gasteiger partial charge in [0.15, 0.2) is 5.78 Å². The first kappa shape index (κ1) is 18.7. The molecule has 0 radical (unpaired) electrons. The van der Waals surface area contributed by atoms with E-state index in [0.717, 1.165) is 22.9 Å². The van der Waals surface area contributed by atoms with Crippen LogP contribution in [0, 0.1) is 0 Å². The second-order valence-electron chi connectivity index (χ2n) is 6.50. The van der Waals surface area contributed by atoms with E-state index < -0.39 is 11.7 Å². The van der Waals surface area contributed by atoms with Crippen molar-refractivity contribution in [1.82, 2.24) is 0 Å². The van der Waals surface area contributed by atoms with Crippen LogP contribution in [-0.2, 0) is 6.18 Å². The quantitative estimate of drug-likeness (QED) is 0.276. The molecule has 0 bridgehead atoms. The average molecular weight is 392 g/mol. The van der Waals surface area contributed by atoms with Crippen LogP contribution in [0.25, 0.3) is 28.2 Å². The maximum atomic E-state index is 12.9. The van der Waals surface area contributed by atoms with Crippen molar-refractivity contribution in [3.8, 4) is 11.3 Å². The van der Waals surface area contributed by atoms with Crippen LogP contribution in [-0.4, -0.2) is 5.78 Å². The molecule has 1 aromatic heterocycles. The van der Waals surface area contributed by atoms with E-state index in [1.807, 2.05) is 36.4 Å². The first-order chi connectivity index (χ1) is 13.9. The molecule has 2 nitrogen and oxygen atoms in total. The molecular weight excluding hydrogens is 377 g/mol.